The smallest absolute Gasteiger partial charge is 0.136 e. The summed E-state index contributed by atoms with van der Waals surface area (Å²) in [5, 5.41) is 0. The SMILES string of the molecule is CC1CC[C@H](C)[C@@H](c2ccc(Cl)s2)CC1CC(=O)C1CCCCCCC1. The normalized spacial score (nSPS) is 31.8. The van der Waals surface area contributed by atoms with E-state index in [4.69, 9.17) is 11.6 Å². The molecule has 1 aromatic heterocycles. The highest BCUT2D eigenvalue weighted by atomic mass is 35.5. The minimum Gasteiger partial charge on any atom is -0.299 e. The van der Waals surface area contributed by atoms with Gasteiger partial charge in [-0.05, 0) is 61.5 Å². The molecule has 2 saturated carbocycles. The molecule has 26 heavy (non-hydrogen) atoms. The van der Waals surface area contributed by atoms with Gasteiger partial charge < -0.3 is 0 Å². The fourth-order valence-electron chi connectivity index (χ4n) is 5.17. The van der Waals surface area contributed by atoms with Gasteiger partial charge in [-0.3, -0.25) is 4.79 Å². The average molecular weight is 395 g/mol. The third-order valence-corrected chi connectivity index (χ3v) is 8.47. The van der Waals surface area contributed by atoms with Crippen molar-refractivity contribution >= 4 is 28.7 Å². The molecule has 0 amide bonds. The van der Waals surface area contributed by atoms with E-state index in [-0.39, 0.29) is 0 Å². The van der Waals surface area contributed by atoms with Gasteiger partial charge in [-0.2, -0.15) is 0 Å². The van der Waals surface area contributed by atoms with Crippen LogP contribution in [0.25, 0.3) is 0 Å². The average Bonchev–Trinajstić information content (AvgIpc) is 2.95. The molecule has 0 spiro atoms. The van der Waals surface area contributed by atoms with Crippen LogP contribution < -0.4 is 0 Å². The zero-order valence-electron chi connectivity index (χ0n) is 16.5. The Labute approximate surface area is 168 Å². The molecule has 0 bridgehead atoms. The summed E-state index contributed by atoms with van der Waals surface area (Å²) in [6.07, 6.45) is 13.3. The van der Waals surface area contributed by atoms with Crippen LogP contribution in [0, 0.1) is 23.7 Å². The highest BCUT2D eigenvalue weighted by molar-refractivity contribution is 7.16. The van der Waals surface area contributed by atoms with E-state index >= 15 is 0 Å². The van der Waals surface area contributed by atoms with E-state index in [9.17, 15) is 4.79 Å². The molecule has 3 heteroatoms. The van der Waals surface area contributed by atoms with Gasteiger partial charge >= 0.3 is 0 Å². The van der Waals surface area contributed by atoms with E-state index in [0.29, 0.717) is 35.4 Å². The molecule has 1 aromatic rings. The summed E-state index contributed by atoms with van der Waals surface area (Å²) in [6.45, 7) is 4.77. The largest absolute Gasteiger partial charge is 0.299 e. The second-order valence-corrected chi connectivity index (χ2v) is 10.7. The van der Waals surface area contributed by atoms with E-state index in [1.165, 1.54) is 49.8 Å². The van der Waals surface area contributed by atoms with Gasteiger partial charge in [0.25, 0.3) is 0 Å². The van der Waals surface area contributed by atoms with Crippen molar-refractivity contribution in [3.63, 3.8) is 0 Å². The van der Waals surface area contributed by atoms with Gasteiger partial charge in [-0.1, -0.05) is 64.0 Å². The highest BCUT2D eigenvalue weighted by Crippen LogP contribution is 2.45. The predicted octanol–water partition coefficient (Wildman–Crippen LogP) is 7.88. The molecule has 146 valence electrons. The Balaban J connectivity index is 1.67. The van der Waals surface area contributed by atoms with Crippen molar-refractivity contribution in [3.8, 4) is 0 Å². The zero-order valence-corrected chi connectivity index (χ0v) is 18.1. The Bertz CT molecular complexity index is 573. The molecule has 2 unspecified atom stereocenters. The molecule has 1 nitrogen and oxygen atoms in total. The Morgan fingerprint density at radius 3 is 2.31 bits per heavy atom. The third-order valence-electron chi connectivity index (χ3n) is 7.11. The quantitative estimate of drug-likeness (QED) is 0.474. The van der Waals surface area contributed by atoms with Gasteiger partial charge in [0.1, 0.15) is 5.78 Å². The molecule has 3 rings (SSSR count). The van der Waals surface area contributed by atoms with Gasteiger partial charge in [0.15, 0.2) is 0 Å². The fourth-order valence-corrected chi connectivity index (χ4v) is 6.47. The maximum Gasteiger partial charge on any atom is 0.136 e. The predicted molar refractivity (Wildman–Crippen MR) is 113 cm³/mol. The lowest BCUT2D eigenvalue weighted by atomic mass is 9.78. The molecule has 0 radical (unpaired) electrons. The lowest BCUT2D eigenvalue weighted by Crippen LogP contribution is -2.23. The number of thiophene rings is 1. The van der Waals surface area contributed by atoms with Crippen molar-refractivity contribution in [3.05, 3.63) is 21.3 Å². The Morgan fingerprint density at radius 2 is 1.65 bits per heavy atom. The lowest BCUT2D eigenvalue weighted by molar-refractivity contribution is -0.124. The van der Waals surface area contributed by atoms with Crippen molar-refractivity contribution in [2.75, 3.05) is 0 Å². The molecular weight excluding hydrogens is 360 g/mol. The number of carbonyl (C=O) groups excluding carboxylic acids is 1. The van der Waals surface area contributed by atoms with Gasteiger partial charge in [0, 0.05) is 17.2 Å². The van der Waals surface area contributed by atoms with E-state index < -0.39 is 0 Å². The van der Waals surface area contributed by atoms with E-state index in [0.717, 1.165) is 30.0 Å². The summed E-state index contributed by atoms with van der Waals surface area (Å²) in [5.74, 6) is 3.39. The van der Waals surface area contributed by atoms with Crippen LogP contribution in [0.3, 0.4) is 0 Å². The first kappa shape index (κ1) is 20.4. The standard InChI is InChI=1S/C23H35ClOS/c1-16-10-11-17(2)20(22-12-13-23(24)26-22)14-19(16)15-21(25)18-8-6-4-3-5-7-9-18/h12-13,16-20H,3-11,14-15H2,1-2H3/t16?,17-,19?,20-/m0/s1. The van der Waals surface area contributed by atoms with Crippen molar-refractivity contribution in [1.82, 2.24) is 0 Å². The summed E-state index contributed by atoms with van der Waals surface area (Å²) in [6, 6.07) is 4.26. The van der Waals surface area contributed by atoms with Crippen LogP contribution in [0.4, 0.5) is 0 Å². The minimum absolute atomic E-state index is 0.345. The molecule has 0 saturated heterocycles. The van der Waals surface area contributed by atoms with Gasteiger partial charge in [0.2, 0.25) is 0 Å². The summed E-state index contributed by atoms with van der Waals surface area (Å²) >= 11 is 7.96. The number of rotatable bonds is 4. The van der Waals surface area contributed by atoms with Crippen molar-refractivity contribution in [1.29, 1.82) is 0 Å². The van der Waals surface area contributed by atoms with Crippen LogP contribution in [0.15, 0.2) is 12.1 Å². The summed E-state index contributed by atoms with van der Waals surface area (Å²) in [5.41, 5.74) is 0. The summed E-state index contributed by atoms with van der Waals surface area (Å²) in [7, 11) is 0. The molecule has 0 N–H and O–H groups in total. The van der Waals surface area contributed by atoms with Crippen LogP contribution in [-0.4, -0.2) is 5.78 Å². The highest BCUT2D eigenvalue weighted by Gasteiger charge is 2.33. The number of ketones is 1. The van der Waals surface area contributed by atoms with E-state index in [1.807, 2.05) is 6.07 Å². The van der Waals surface area contributed by atoms with Crippen molar-refractivity contribution < 1.29 is 4.79 Å². The molecule has 2 aliphatic rings. The topological polar surface area (TPSA) is 17.1 Å². The Morgan fingerprint density at radius 1 is 1.00 bits per heavy atom. The molecule has 2 fully saturated rings. The van der Waals surface area contributed by atoms with Crippen LogP contribution in [0.1, 0.15) is 95.3 Å². The number of Topliss-reactive ketones (excluding diaryl/α,β-unsaturated/α-hetero) is 1. The second kappa shape index (κ2) is 9.73. The van der Waals surface area contributed by atoms with Gasteiger partial charge in [-0.15, -0.1) is 11.3 Å². The number of hydrogen-bond donors (Lipinski definition) is 0. The number of halogens is 1. The van der Waals surface area contributed by atoms with Crippen LogP contribution in [-0.2, 0) is 4.79 Å². The van der Waals surface area contributed by atoms with Crippen LogP contribution in [0.2, 0.25) is 4.34 Å². The Kier molecular flexibility index (Phi) is 7.64. The summed E-state index contributed by atoms with van der Waals surface area (Å²) in [4.78, 5) is 14.5. The van der Waals surface area contributed by atoms with Crippen LogP contribution in [0.5, 0.6) is 0 Å². The van der Waals surface area contributed by atoms with Crippen molar-refractivity contribution in [2.24, 2.45) is 23.7 Å². The van der Waals surface area contributed by atoms with E-state index in [1.54, 1.807) is 11.3 Å². The molecule has 0 aromatic carbocycles. The van der Waals surface area contributed by atoms with Crippen molar-refractivity contribution in [2.45, 2.75) is 90.4 Å². The molecule has 0 aliphatic heterocycles. The molecular formula is C23H35ClOS. The van der Waals surface area contributed by atoms with Gasteiger partial charge in [-0.25, -0.2) is 0 Å². The monoisotopic (exact) mass is 394 g/mol. The zero-order chi connectivity index (χ0) is 18.5. The first-order valence-electron chi connectivity index (χ1n) is 10.8. The van der Waals surface area contributed by atoms with Gasteiger partial charge in [0.05, 0.1) is 4.34 Å². The first-order chi connectivity index (χ1) is 12.5. The maximum atomic E-state index is 13.1. The summed E-state index contributed by atoms with van der Waals surface area (Å²) < 4.78 is 0.895. The second-order valence-electron chi connectivity index (χ2n) is 8.99. The number of carbonyl (C=O) groups is 1. The third kappa shape index (κ3) is 5.35. The molecule has 1 heterocycles. The van der Waals surface area contributed by atoms with Crippen LogP contribution >= 0.6 is 22.9 Å². The maximum absolute atomic E-state index is 13.1. The fraction of sp³-hybridized carbons (Fsp3) is 0.783. The lowest BCUT2D eigenvalue weighted by Gasteiger charge is -2.27. The Hall–Kier alpha value is -0.340. The van der Waals surface area contributed by atoms with E-state index in [2.05, 4.69) is 19.9 Å². The molecule has 2 aliphatic carbocycles. The first-order valence-corrected chi connectivity index (χ1v) is 12.0. The molecule has 4 atom stereocenters. The number of hydrogen-bond acceptors (Lipinski definition) is 2. The minimum atomic E-state index is 0.345.